The highest BCUT2D eigenvalue weighted by Gasteiger charge is 2.18. The molecule has 7 heteroatoms. The summed E-state index contributed by atoms with van der Waals surface area (Å²) < 4.78 is 2.05. The van der Waals surface area contributed by atoms with Crippen molar-refractivity contribution in [2.75, 3.05) is 11.9 Å². The monoisotopic (exact) mass is 362 g/mol. The standard InChI is InChI=1S/C19H18N6S/c1-2-4-13(5-3-1)17-23-16-11-20-7-6-15(16)18(24-17)21-10-14-12-25-8-9-26-19(25)22-14/h1-5,8-9,12,20H,6-7,10-11H2,(H,21,23,24). The number of rotatable bonds is 4. The van der Waals surface area contributed by atoms with Gasteiger partial charge in [0.1, 0.15) is 5.82 Å². The molecule has 0 atom stereocenters. The highest BCUT2D eigenvalue weighted by atomic mass is 32.1. The number of anilines is 1. The maximum absolute atomic E-state index is 4.83. The molecule has 4 aromatic rings. The first-order valence-corrected chi connectivity index (χ1v) is 9.56. The van der Waals surface area contributed by atoms with E-state index in [4.69, 9.17) is 9.97 Å². The van der Waals surface area contributed by atoms with Crippen LogP contribution in [-0.2, 0) is 19.5 Å². The summed E-state index contributed by atoms with van der Waals surface area (Å²) in [7, 11) is 0. The van der Waals surface area contributed by atoms with Crippen LogP contribution in [0.2, 0.25) is 0 Å². The maximum Gasteiger partial charge on any atom is 0.193 e. The van der Waals surface area contributed by atoms with Crippen molar-refractivity contribution in [2.45, 2.75) is 19.5 Å². The fraction of sp³-hybridized carbons (Fsp3) is 0.211. The Labute approximate surface area is 155 Å². The van der Waals surface area contributed by atoms with E-state index in [-0.39, 0.29) is 0 Å². The molecule has 5 rings (SSSR count). The molecule has 130 valence electrons. The molecule has 0 amide bonds. The number of hydrogen-bond donors (Lipinski definition) is 2. The Morgan fingerprint density at radius 3 is 2.96 bits per heavy atom. The van der Waals surface area contributed by atoms with Crippen LogP contribution in [0.15, 0.2) is 48.1 Å². The van der Waals surface area contributed by atoms with Crippen molar-refractivity contribution in [1.82, 2.24) is 24.7 Å². The van der Waals surface area contributed by atoms with E-state index in [1.807, 2.05) is 41.9 Å². The molecule has 1 aliphatic rings. The maximum atomic E-state index is 4.83. The third kappa shape index (κ3) is 2.85. The lowest BCUT2D eigenvalue weighted by molar-refractivity contribution is 0.625. The minimum atomic E-state index is 0.652. The SMILES string of the molecule is c1ccc(-c2nc3c(c(NCc4cn5ccsc5n4)n2)CCNC3)cc1. The number of nitrogens with one attached hydrogen (secondary N) is 2. The van der Waals surface area contributed by atoms with E-state index in [2.05, 4.69) is 26.2 Å². The van der Waals surface area contributed by atoms with Crippen LogP contribution in [0.1, 0.15) is 17.0 Å². The first-order valence-electron chi connectivity index (χ1n) is 8.68. The molecule has 0 bridgehead atoms. The topological polar surface area (TPSA) is 67.1 Å². The van der Waals surface area contributed by atoms with Gasteiger partial charge in [0.15, 0.2) is 10.8 Å². The minimum Gasteiger partial charge on any atom is -0.364 e. The summed E-state index contributed by atoms with van der Waals surface area (Å²) in [6.07, 6.45) is 5.03. The van der Waals surface area contributed by atoms with Gasteiger partial charge in [-0.1, -0.05) is 30.3 Å². The molecule has 2 N–H and O–H groups in total. The minimum absolute atomic E-state index is 0.652. The number of nitrogens with zero attached hydrogens (tertiary/aromatic N) is 4. The van der Waals surface area contributed by atoms with E-state index in [0.29, 0.717) is 6.54 Å². The summed E-state index contributed by atoms with van der Waals surface area (Å²) in [6.45, 7) is 2.39. The van der Waals surface area contributed by atoms with Crippen LogP contribution >= 0.6 is 11.3 Å². The summed E-state index contributed by atoms with van der Waals surface area (Å²) in [5.74, 6) is 1.69. The van der Waals surface area contributed by atoms with Gasteiger partial charge in [0, 0.05) is 35.4 Å². The zero-order valence-electron chi connectivity index (χ0n) is 14.1. The Bertz CT molecular complexity index is 1020. The highest BCUT2D eigenvalue weighted by Crippen LogP contribution is 2.25. The molecule has 0 spiro atoms. The highest BCUT2D eigenvalue weighted by molar-refractivity contribution is 7.15. The zero-order chi connectivity index (χ0) is 17.3. The van der Waals surface area contributed by atoms with E-state index in [1.54, 1.807) is 11.3 Å². The van der Waals surface area contributed by atoms with Gasteiger partial charge in [0.2, 0.25) is 0 Å². The van der Waals surface area contributed by atoms with Crippen LogP contribution in [0.4, 0.5) is 5.82 Å². The van der Waals surface area contributed by atoms with Crippen LogP contribution in [-0.4, -0.2) is 25.9 Å². The summed E-state index contributed by atoms with van der Waals surface area (Å²) in [5.41, 5.74) is 4.34. The summed E-state index contributed by atoms with van der Waals surface area (Å²) in [4.78, 5) is 15.3. The zero-order valence-corrected chi connectivity index (χ0v) is 15.0. The van der Waals surface area contributed by atoms with Gasteiger partial charge in [-0.2, -0.15) is 0 Å². The van der Waals surface area contributed by atoms with Gasteiger partial charge >= 0.3 is 0 Å². The van der Waals surface area contributed by atoms with E-state index >= 15 is 0 Å². The molecule has 6 nitrogen and oxygen atoms in total. The molecule has 0 unspecified atom stereocenters. The lowest BCUT2D eigenvalue weighted by Gasteiger charge is -2.20. The fourth-order valence-corrected chi connectivity index (χ4v) is 3.98. The number of imidazole rings is 1. The summed E-state index contributed by atoms with van der Waals surface area (Å²) in [5, 5.41) is 8.94. The molecule has 3 aromatic heterocycles. The van der Waals surface area contributed by atoms with E-state index in [0.717, 1.165) is 53.1 Å². The van der Waals surface area contributed by atoms with Crippen molar-refractivity contribution in [3.05, 3.63) is 65.1 Å². The van der Waals surface area contributed by atoms with E-state index in [1.165, 1.54) is 5.56 Å². The predicted octanol–water partition coefficient (Wildman–Crippen LogP) is 3.11. The Morgan fingerprint density at radius 1 is 1.15 bits per heavy atom. The molecule has 4 heterocycles. The van der Waals surface area contributed by atoms with Gasteiger partial charge in [0.05, 0.1) is 17.9 Å². The van der Waals surface area contributed by atoms with E-state index < -0.39 is 0 Å². The normalized spacial score (nSPS) is 13.7. The Balaban J connectivity index is 1.48. The molecule has 26 heavy (non-hydrogen) atoms. The van der Waals surface area contributed by atoms with Gasteiger partial charge < -0.3 is 10.6 Å². The molecule has 0 fully saturated rings. The van der Waals surface area contributed by atoms with Gasteiger partial charge in [-0.3, -0.25) is 4.40 Å². The number of aromatic nitrogens is 4. The third-order valence-corrected chi connectivity index (χ3v) is 5.32. The number of benzene rings is 1. The Hall–Kier alpha value is -2.77. The van der Waals surface area contributed by atoms with Crippen LogP contribution in [0.25, 0.3) is 16.3 Å². The first-order chi connectivity index (χ1) is 12.9. The van der Waals surface area contributed by atoms with Crippen molar-refractivity contribution < 1.29 is 0 Å². The summed E-state index contributed by atoms with van der Waals surface area (Å²) >= 11 is 1.64. The molecule has 0 aliphatic carbocycles. The van der Waals surface area contributed by atoms with Crippen LogP contribution in [0.3, 0.4) is 0 Å². The molecule has 1 aliphatic heterocycles. The largest absolute Gasteiger partial charge is 0.364 e. The Kier molecular flexibility index (Phi) is 3.88. The molecule has 0 saturated carbocycles. The van der Waals surface area contributed by atoms with Crippen LogP contribution in [0, 0.1) is 0 Å². The quantitative estimate of drug-likeness (QED) is 0.584. The van der Waals surface area contributed by atoms with Crippen molar-refractivity contribution in [1.29, 1.82) is 0 Å². The van der Waals surface area contributed by atoms with Gasteiger partial charge in [-0.25, -0.2) is 15.0 Å². The van der Waals surface area contributed by atoms with Crippen molar-refractivity contribution >= 4 is 22.1 Å². The lowest BCUT2D eigenvalue weighted by atomic mass is 10.1. The third-order valence-electron chi connectivity index (χ3n) is 4.55. The fourth-order valence-electron chi connectivity index (χ4n) is 3.26. The van der Waals surface area contributed by atoms with Crippen molar-refractivity contribution in [3.8, 4) is 11.4 Å². The number of thiazole rings is 1. The molecule has 0 saturated heterocycles. The lowest BCUT2D eigenvalue weighted by Crippen LogP contribution is -2.26. The van der Waals surface area contributed by atoms with Gasteiger partial charge in [-0.15, -0.1) is 11.3 Å². The average Bonchev–Trinajstić information content (AvgIpc) is 3.28. The van der Waals surface area contributed by atoms with Crippen LogP contribution < -0.4 is 10.6 Å². The van der Waals surface area contributed by atoms with Gasteiger partial charge in [-0.05, 0) is 13.0 Å². The summed E-state index contributed by atoms with van der Waals surface area (Å²) in [6, 6.07) is 10.1. The second-order valence-electron chi connectivity index (χ2n) is 6.29. The Morgan fingerprint density at radius 2 is 2.08 bits per heavy atom. The number of hydrogen-bond acceptors (Lipinski definition) is 6. The molecule has 1 aromatic carbocycles. The smallest absolute Gasteiger partial charge is 0.193 e. The molecular formula is C19H18N6S. The molecular weight excluding hydrogens is 344 g/mol. The molecule has 0 radical (unpaired) electrons. The van der Waals surface area contributed by atoms with Gasteiger partial charge in [0.25, 0.3) is 0 Å². The second-order valence-corrected chi connectivity index (χ2v) is 7.17. The predicted molar refractivity (Wildman–Crippen MR) is 103 cm³/mol. The van der Waals surface area contributed by atoms with E-state index in [9.17, 15) is 0 Å². The van der Waals surface area contributed by atoms with Crippen LogP contribution in [0.5, 0.6) is 0 Å². The van der Waals surface area contributed by atoms with Crippen molar-refractivity contribution in [3.63, 3.8) is 0 Å². The second kappa shape index (κ2) is 6.51. The van der Waals surface area contributed by atoms with Crippen molar-refractivity contribution in [2.24, 2.45) is 0 Å². The average molecular weight is 362 g/mol. The number of fused-ring (bicyclic) bond motifs is 2. The first kappa shape index (κ1) is 15.5.